The van der Waals surface area contributed by atoms with Crippen molar-refractivity contribution in [2.24, 2.45) is 11.3 Å². The van der Waals surface area contributed by atoms with Crippen LogP contribution in [-0.2, 0) is 15.0 Å². The fourth-order valence-corrected chi connectivity index (χ4v) is 4.04. The predicted molar refractivity (Wildman–Crippen MR) is 82.1 cm³/mol. The van der Waals surface area contributed by atoms with E-state index < -0.39 is 22.2 Å². The van der Waals surface area contributed by atoms with Crippen LogP contribution in [0.15, 0.2) is 0 Å². The zero-order valence-corrected chi connectivity index (χ0v) is 14.2. The van der Waals surface area contributed by atoms with Crippen LogP contribution in [0.25, 0.3) is 0 Å². The van der Waals surface area contributed by atoms with E-state index in [1.807, 2.05) is 20.8 Å². The summed E-state index contributed by atoms with van der Waals surface area (Å²) in [6, 6.07) is -0.577. The molecule has 1 aliphatic rings. The predicted octanol–water partition coefficient (Wildman–Crippen LogP) is 1.83. The number of aliphatic carboxylic acids is 1. The van der Waals surface area contributed by atoms with E-state index in [9.17, 15) is 13.2 Å². The maximum atomic E-state index is 12.4. The first-order valence-corrected chi connectivity index (χ1v) is 8.93. The number of carboxylic acid groups (broad SMARTS) is 1. The molecule has 0 radical (unpaired) electrons. The Morgan fingerprint density at radius 2 is 1.86 bits per heavy atom. The van der Waals surface area contributed by atoms with Crippen molar-refractivity contribution in [3.63, 3.8) is 0 Å². The van der Waals surface area contributed by atoms with E-state index in [-0.39, 0.29) is 11.8 Å². The maximum absolute atomic E-state index is 12.4. The monoisotopic (exact) mass is 320 g/mol. The molecule has 0 aromatic carbocycles. The quantitative estimate of drug-likeness (QED) is 0.781. The van der Waals surface area contributed by atoms with Gasteiger partial charge in [-0.05, 0) is 30.6 Å². The van der Waals surface area contributed by atoms with Gasteiger partial charge >= 0.3 is 5.97 Å². The molecule has 1 atom stereocenters. The topological polar surface area (TPSA) is 86.7 Å². The smallest absolute Gasteiger partial charge is 0.304 e. The number of carboxylic acids is 1. The largest absolute Gasteiger partial charge is 0.481 e. The number of nitrogens with one attached hydrogen (secondary N) is 1. The highest BCUT2D eigenvalue weighted by molar-refractivity contribution is 7.87. The number of carbonyl (C=O) groups is 1. The molecule has 1 heterocycles. The Bertz CT molecular complexity index is 448. The van der Waals surface area contributed by atoms with Crippen molar-refractivity contribution in [1.29, 1.82) is 0 Å². The van der Waals surface area contributed by atoms with Crippen molar-refractivity contribution in [2.75, 3.05) is 13.1 Å². The normalized spacial score (nSPS) is 20.4. The van der Waals surface area contributed by atoms with Crippen LogP contribution < -0.4 is 4.72 Å². The van der Waals surface area contributed by atoms with Crippen LogP contribution in [0, 0.1) is 11.3 Å². The van der Waals surface area contributed by atoms with E-state index in [1.54, 1.807) is 0 Å². The van der Waals surface area contributed by atoms with Gasteiger partial charge in [0, 0.05) is 19.1 Å². The van der Waals surface area contributed by atoms with Gasteiger partial charge in [0.25, 0.3) is 10.2 Å². The highest BCUT2D eigenvalue weighted by Crippen LogP contribution is 2.24. The average Bonchev–Trinajstić information content (AvgIpc) is 2.25. The van der Waals surface area contributed by atoms with Gasteiger partial charge in [-0.1, -0.05) is 27.7 Å². The number of piperidine rings is 1. The number of rotatable bonds is 6. The second-order valence-corrected chi connectivity index (χ2v) is 8.97. The third-order valence-corrected chi connectivity index (χ3v) is 5.35. The van der Waals surface area contributed by atoms with Crippen LogP contribution in [0.5, 0.6) is 0 Å². The van der Waals surface area contributed by atoms with E-state index >= 15 is 0 Å². The molecule has 7 heteroatoms. The average molecular weight is 320 g/mol. The summed E-state index contributed by atoms with van der Waals surface area (Å²) in [6.45, 7) is 9.04. The Kier molecular flexibility index (Phi) is 6.19. The van der Waals surface area contributed by atoms with Gasteiger partial charge < -0.3 is 5.11 Å². The summed E-state index contributed by atoms with van der Waals surface area (Å²) in [5.74, 6) is -0.444. The molecule has 0 bridgehead atoms. The van der Waals surface area contributed by atoms with Crippen molar-refractivity contribution in [2.45, 2.75) is 59.4 Å². The third kappa shape index (κ3) is 6.76. The van der Waals surface area contributed by atoms with Gasteiger partial charge in [-0.15, -0.1) is 0 Å². The van der Waals surface area contributed by atoms with Gasteiger partial charge in [0.05, 0.1) is 6.42 Å². The lowest BCUT2D eigenvalue weighted by atomic mass is 9.87. The molecule has 0 spiro atoms. The van der Waals surface area contributed by atoms with E-state index in [0.29, 0.717) is 25.4 Å². The van der Waals surface area contributed by atoms with Gasteiger partial charge in [-0.25, -0.2) is 0 Å². The maximum Gasteiger partial charge on any atom is 0.304 e. The summed E-state index contributed by atoms with van der Waals surface area (Å²) in [5.41, 5.74) is -0.140. The molecule has 0 aliphatic carbocycles. The highest BCUT2D eigenvalue weighted by Gasteiger charge is 2.31. The van der Waals surface area contributed by atoms with Gasteiger partial charge in [0.2, 0.25) is 0 Å². The first-order valence-electron chi connectivity index (χ1n) is 7.49. The lowest BCUT2D eigenvalue weighted by molar-refractivity contribution is -0.137. The Hall–Kier alpha value is -0.660. The van der Waals surface area contributed by atoms with Gasteiger partial charge in [-0.2, -0.15) is 17.4 Å². The summed E-state index contributed by atoms with van der Waals surface area (Å²) < 4.78 is 28.8. The van der Waals surface area contributed by atoms with Gasteiger partial charge in [-0.3, -0.25) is 4.79 Å². The molecular weight excluding hydrogens is 292 g/mol. The number of hydrogen-bond acceptors (Lipinski definition) is 3. The van der Waals surface area contributed by atoms with Crippen LogP contribution in [-0.4, -0.2) is 42.9 Å². The molecule has 0 aromatic heterocycles. The fourth-order valence-electron chi connectivity index (χ4n) is 2.62. The molecule has 6 nitrogen and oxygen atoms in total. The van der Waals surface area contributed by atoms with Crippen LogP contribution in [0.1, 0.15) is 53.4 Å². The molecular formula is C14H28N2O4S. The van der Waals surface area contributed by atoms with Gasteiger partial charge in [0.15, 0.2) is 0 Å². The molecule has 1 saturated heterocycles. The van der Waals surface area contributed by atoms with Crippen LogP contribution in [0.3, 0.4) is 0 Å². The second kappa shape index (κ2) is 7.07. The lowest BCUT2D eigenvalue weighted by Gasteiger charge is -2.32. The van der Waals surface area contributed by atoms with Crippen molar-refractivity contribution in [3.8, 4) is 0 Å². The molecule has 1 unspecified atom stereocenters. The van der Waals surface area contributed by atoms with E-state index in [4.69, 9.17) is 5.11 Å². The Morgan fingerprint density at radius 1 is 1.33 bits per heavy atom. The van der Waals surface area contributed by atoms with Crippen LogP contribution >= 0.6 is 0 Å². The zero-order valence-electron chi connectivity index (χ0n) is 13.4. The second-order valence-electron chi connectivity index (χ2n) is 7.26. The first kappa shape index (κ1) is 18.4. The van der Waals surface area contributed by atoms with Crippen molar-refractivity contribution in [3.05, 3.63) is 0 Å². The zero-order chi connectivity index (χ0) is 16.3. The van der Waals surface area contributed by atoms with Gasteiger partial charge in [0.1, 0.15) is 0 Å². The SMILES string of the molecule is CC1CCN(S(=O)(=O)NC(CC(=O)O)CC(C)(C)C)CC1. The third-order valence-electron chi connectivity index (χ3n) is 3.68. The van der Waals surface area contributed by atoms with Crippen LogP contribution in [0.2, 0.25) is 0 Å². The Labute approximate surface area is 128 Å². The summed E-state index contributed by atoms with van der Waals surface area (Å²) in [7, 11) is -3.60. The molecule has 21 heavy (non-hydrogen) atoms. The molecule has 1 aliphatic heterocycles. The van der Waals surface area contributed by atoms with Crippen LogP contribution in [0.4, 0.5) is 0 Å². The molecule has 2 N–H and O–H groups in total. The first-order chi connectivity index (χ1) is 9.49. The minimum absolute atomic E-state index is 0.140. The van der Waals surface area contributed by atoms with Crippen molar-refractivity contribution in [1.82, 2.24) is 9.03 Å². The fraction of sp³-hybridized carbons (Fsp3) is 0.929. The van der Waals surface area contributed by atoms with E-state index in [2.05, 4.69) is 11.6 Å². The Morgan fingerprint density at radius 3 is 2.29 bits per heavy atom. The van der Waals surface area contributed by atoms with Crippen molar-refractivity contribution >= 4 is 16.2 Å². The van der Waals surface area contributed by atoms with Crippen molar-refractivity contribution < 1.29 is 18.3 Å². The molecule has 0 amide bonds. The Balaban J connectivity index is 2.73. The lowest BCUT2D eigenvalue weighted by Crippen LogP contribution is -2.49. The van der Waals surface area contributed by atoms with E-state index in [1.165, 1.54) is 4.31 Å². The summed E-state index contributed by atoms with van der Waals surface area (Å²) >= 11 is 0. The molecule has 1 rings (SSSR count). The summed E-state index contributed by atoms with van der Waals surface area (Å²) in [5, 5.41) is 8.97. The number of hydrogen-bond donors (Lipinski definition) is 2. The standard InChI is InChI=1S/C14H28N2O4S/c1-11-5-7-16(8-6-11)21(19,20)15-12(9-13(17)18)10-14(2,3)4/h11-12,15H,5-10H2,1-4H3,(H,17,18). The summed E-state index contributed by atoms with van der Waals surface area (Å²) in [4.78, 5) is 11.0. The number of nitrogens with zero attached hydrogens (tertiary/aromatic N) is 1. The van der Waals surface area contributed by atoms with E-state index in [0.717, 1.165) is 12.8 Å². The molecule has 0 saturated carbocycles. The highest BCUT2D eigenvalue weighted by atomic mass is 32.2. The minimum atomic E-state index is -3.60. The molecule has 0 aromatic rings. The molecule has 124 valence electrons. The summed E-state index contributed by atoms with van der Waals surface area (Å²) in [6.07, 6.45) is 2.00. The minimum Gasteiger partial charge on any atom is -0.481 e. The molecule has 1 fully saturated rings.